The van der Waals surface area contributed by atoms with Gasteiger partial charge < -0.3 is 5.73 Å². The summed E-state index contributed by atoms with van der Waals surface area (Å²) < 4.78 is 0. The van der Waals surface area contributed by atoms with Crippen LogP contribution in [0, 0.1) is 11.3 Å². The third kappa shape index (κ3) is 1.86. The molecule has 0 fully saturated rings. The third-order valence-corrected chi connectivity index (χ3v) is 2.28. The standard InChI is InChI=1S/C11H10N4/c12-7-8-3-1-2-4-9(8)10-5-6-11(13)15-14-10/h1-4H,5-6H2,(H2,13,15). The van der Waals surface area contributed by atoms with Crippen molar-refractivity contribution in [3.05, 3.63) is 35.4 Å². The molecule has 0 atom stereocenters. The minimum absolute atomic E-state index is 0.549. The summed E-state index contributed by atoms with van der Waals surface area (Å²) in [6.45, 7) is 0. The van der Waals surface area contributed by atoms with Gasteiger partial charge in [-0.3, -0.25) is 0 Å². The lowest BCUT2D eigenvalue weighted by Gasteiger charge is -2.10. The van der Waals surface area contributed by atoms with Gasteiger partial charge in [-0.05, 0) is 12.5 Å². The molecule has 1 aromatic rings. The third-order valence-electron chi connectivity index (χ3n) is 2.28. The zero-order chi connectivity index (χ0) is 10.7. The summed E-state index contributed by atoms with van der Waals surface area (Å²) in [6.07, 6.45) is 1.45. The van der Waals surface area contributed by atoms with Crippen LogP contribution in [0.4, 0.5) is 0 Å². The zero-order valence-electron chi connectivity index (χ0n) is 8.14. The normalized spacial score (nSPS) is 15.1. The van der Waals surface area contributed by atoms with Gasteiger partial charge in [-0.25, -0.2) is 0 Å². The Morgan fingerprint density at radius 2 is 2.00 bits per heavy atom. The average Bonchev–Trinajstić information content (AvgIpc) is 2.30. The number of rotatable bonds is 1. The summed E-state index contributed by atoms with van der Waals surface area (Å²) in [5, 5.41) is 16.8. The lowest BCUT2D eigenvalue weighted by Crippen LogP contribution is -2.18. The molecule has 2 N–H and O–H groups in total. The first kappa shape index (κ1) is 9.41. The summed E-state index contributed by atoms with van der Waals surface area (Å²) in [5.41, 5.74) is 7.85. The Kier molecular flexibility index (Phi) is 2.46. The molecule has 74 valence electrons. The molecule has 0 bridgehead atoms. The number of benzene rings is 1. The van der Waals surface area contributed by atoms with E-state index in [1.807, 2.05) is 18.2 Å². The second-order valence-electron chi connectivity index (χ2n) is 3.30. The van der Waals surface area contributed by atoms with E-state index in [0.717, 1.165) is 17.7 Å². The molecule has 0 spiro atoms. The van der Waals surface area contributed by atoms with E-state index < -0.39 is 0 Å². The van der Waals surface area contributed by atoms with E-state index in [1.54, 1.807) is 6.07 Å². The van der Waals surface area contributed by atoms with E-state index in [-0.39, 0.29) is 0 Å². The quantitative estimate of drug-likeness (QED) is 0.740. The Morgan fingerprint density at radius 1 is 1.20 bits per heavy atom. The maximum Gasteiger partial charge on any atom is 0.122 e. The Morgan fingerprint density at radius 3 is 2.67 bits per heavy atom. The highest BCUT2D eigenvalue weighted by atomic mass is 15.2. The van der Waals surface area contributed by atoms with Gasteiger partial charge in [0.15, 0.2) is 0 Å². The molecule has 4 nitrogen and oxygen atoms in total. The molecule has 0 aromatic heterocycles. The highest BCUT2D eigenvalue weighted by Gasteiger charge is 2.12. The number of amidine groups is 1. The molecule has 0 saturated carbocycles. The molecule has 4 heteroatoms. The predicted molar refractivity (Wildman–Crippen MR) is 58.6 cm³/mol. The van der Waals surface area contributed by atoms with Crippen LogP contribution in [0.2, 0.25) is 0 Å². The van der Waals surface area contributed by atoms with E-state index in [4.69, 9.17) is 11.0 Å². The molecule has 1 aliphatic rings. The van der Waals surface area contributed by atoms with Gasteiger partial charge >= 0.3 is 0 Å². The Hall–Kier alpha value is -2.15. The molecule has 0 radical (unpaired) electrons. The van der Waals surface area contributed by atoms with Crippen molar-refractivity contribution in [1.29, 1.82) is 5.26 Å². The summed E-state index contributed by atoms with van der Waals surface area (Å²) in [5.74, 6) is 0.549. The Balaban J connectivity index is 2.43. The van der Waals surface area contributed by atoms with Crippen LogP contribution in [0.5, 0.6) is 0 Å². The monoisotopic (exact) mass is 198 g/mol. The topological polar surface area (TPSA) is 74.5 Å². The van der Waals surface area contributed by atoms with Gasteiger partial charge in [0.1, 0.15) is 5.84 Å². The zero-order valence-corrected chi connectivity index (χ0v) is 8.14. The lowest BCUT2D eigenvalue weighted by molar-refractivity contribution is 1.02. The number of hydrogen-bond donors (Lipinski definition) is 1. The van der Waals surface area contributed by atoms with Crippen LogP contribution in [-0.2, 0) is 0 Å². The Bertz CT molecular complexity index is 480. The minimum Gasteiger partial charge on any atom is -0.386 e. The van der Waals surface area contributed by atoms with Gasteiger partial charge in [0.25, 0.3) is 0 Å². The molecule has 0 amide bonds. The summed E-state index contributed by atoms with van der Waals surface area (Å²) in [6, 6.07) is 9.53. The van der Waals surface area contributed by atoms with Gasteiger partial charge in [-0.1, -0.05) is 18.2 Å². The first-order valence-corrected chi connectivity index (χ1v) is 4.69. The maximum atomic E-state index is 8.94. The van der Waals surface area contributed by atoms with Crippen LogP contribution < -0.4 is 5.73 Å². The number of nitrogens with two attached hydrogens (primary N) is 1. The molecule has 1 heterocycles. The van der Waals surface area contributed by atoms with Crippen LogP contribution in [0.25, 0.3) is 0 Å². The van der Waals surface area contributed by atoms with Gasteiger partial charge in [0, 0.05) is 12.0 Å². The van der Waals surface area contributed by atoms with Crippen molar-refractivity contribution >= 4 is 11.5 Å². The van der Waals surface area contributed by atoms with E-state index in [0.29, 0.717) is 17.8 Å². The molecule has 15 heavy (non-hydrogen) atoms. The fourth-order valence-electron chi connectivity index (χ4n) is 1.49. The predicted octanol–water partition coefficient (Wildman–Crippen LogP) is 1.41. The molecule has 2 rings (SSSR count). The SMILES string of the molecule is N#Cc1ccccc1C1=NN=C(N)CC1. The lowest BCUT2D eigenvalue weighted by atomic mass is 10.00. The van der Waals surface area contributed by atoms with E-state index in [1.165, 1.54) is 0 Å². The molecule has 0 unspecified atom stereocenters. The maximum absolute atomic E-state index is 8.94. The fourth-order valence-corrected chi connectivity index (χ4v) is 1.49. The van der Waals surface area contributed by atoms with Crippen LogP contribution in [0.3, 0.4) is 0 Å². The summed E-state index contributed by atoms with van der Waals surface area (Å²) in [4.78, 5) is 0. The summed E-state index contributed by atoms with van der Waals surface area (Å²) >= 11 is 0. The molecular formula is C11H10N4. The van der Waals surface area contributed by atoms with Gasteiger partial charge in [0.2, 0.25) is 0 Å². The van der Waals surface area contributed by atoms with Crippen molar-refractivity contribution in [2.45, 2.75) is 12.8 Å². The van der Waals surface area contributed by atoms with Gasteiger partial charge in [-0.2, -0.15) is 10.4 Å². The second kappa shape index (κ2) is 3.93. The largest absolute Gasteiger partial charge is 0.386 e. The molecule has 0 aliphatic carbocycles. The number of nitrogens with zero attached hydrogens (tertiary/aromatic N) is 3. The van der Waals surface area contributed by atoms with Crippen molar-refractivity contribution in [1.82, 2.24) is 0 Å². The van der Waals surface area contributed by atoms with Crippen molar-refractivity contribution in [3.8, 4) is 6.07 Å². The van der Waals surface area contributed by atoms with Gasteiger partial charge in [0.05, 0.1) is 17.3 Å². The first-order valence-electron chi connectivity index (χ1n) is 4.69. The summed E-state index contributed by atoms with van der Waals surface area (Å²) in [7, 11) is 0. The molecule has 0 saturated heterocycles. The molecular weight excluding hydrogens is 188 g/mol. The molecule has 1 aromatic carbocycles. The molecule has 1 aliphatic heterocycles. The minimum atomic E-state index is 0.549. The van der Waals surface area contributed by atoms with E-state index in [2.05, 4.69) is 16.3 Å². The van der Waals surface area contributed by atoms with E-state index >= 15 is 0 Å². The highest BCUT2D eigenvalue weighted by Crippen LogP contribution is 2.14. The fraction of sp³-hybridized carbons (Fsp3) is 0.182. The van der Waals surface area contributed by atoms with Crippen molar-refractivity contribution in [2.75, 3.05) is 0 Å². The average molecular weight is 198 g/mol. The number of nitriles is 1. The van der Waals surface area contributed by atoms with Crippen LogP contribution in [-0.4, -0.2) is 11.5 Å². The van der Waals surface area contributed by atoms with Crippen LogP contribution >= 0.6 is 0 Å². The second-order valence-corrected chi connectivity index (χ2v) is 3.30. The van der Waals surface area contributed by atoms with Crippen molar-refractivity contribution in [2.24, 2.45) is 15.9 Å². The van der Waals surface area contributed by atoms with Crippen LogP contribution in [0.15, 0.2) is 34.5 Å². The van der Waals surface area contributed by atoms with E-state index in [9.17, 15) is 0 Å². The highest BCUT2D eigenvalue weighted by molar-refractivity contribution is 6.05. The Labute approximate surface area is 87.7 Å². The van der Waals surface area contributed by atoms with Crippen LogP contribution in [0.1, 0.15) is 24.0 Å². The van der Waals surface area contributed by atoms with Crippen molar-refractivity contribution in [3.63, 3.8) is 0 Å². The van der Waals surface area contributed by atoms with Crippen molar-refractivity contribution < 1.29 is 0 Å². The number of hydrogen-bond acceptors (Lipinski definition) is 4. The smallest absolute Gasteiger partial charge is 0.122 e. The first-order chi connectivity index (χ1) is 7.31. The van der Waals surface area contributed by atoms with Gasteiger partial charge in [-0.15, -0.1) is 5.10 Å².